The summed E-state index contributed by atoms with van der Waals surface area (Å²) >= 11 is 1.68. The maximum Gasteiger partial charge on any atom is 0.240 e. The lowest BCUT2D eigenvalue weighted by atomic mass is 10.2. The summed E-state index contributed by atoms with van der Waals surface area (Å²) in [7, 11) is -0.580. The van der Waals surface area contributed by atoms with E-state index in [4.69, 9.17) is 9.47 Å². The topological polar surface area (TPSA) is 64.6 Å². The maximum atomic E-state index is 12.3. The first kappa shape index (κ1) is 18.6. The first-order valence-electron chi connectivity index (χ1n) is 7.40. The van der Waals surface area contributed by atoms with Gasteiger partial charge in [0.05, 0.1) is 19.1 Å². The van der Waals surface area contributed by atoms with Gasteiger partial charge in [-0.05, 0) is 17.7 Å². The average molecular weight is 367 g/mol. The summed E-state index contributed by atoms with van der Waals surface area (Å²) in [6.45, 7) is 0.369. The number of rotatable bonds is 9. The molecule has 0 saturated heterocycles. The van der Waals surface area contributed by atoms with Crippen LogP contribution in [0.15, 0.2) is 53.4 Å². The molecule has 1 N–H and O–H groups in total. The number of hydrogen-bond donors (Lipinski definition) is 1. The van der Waals surface area contributed by atoms with Crippen LogP contribution in [0.5, 0.6) is 11.5 Å². The van der Waals surface area contributed by atoms with Crippen LogP contribution in [-0.4, -0.2) is 34.9 Å². The van der Waals surface area contributed by atoms with Gasteiger partial charge in [-0.15, -0.1) is 0 Å². The van der Waals surface area contributed by atoms with Crippen LogP contribution in [-0.2, 0) is 15.8 Å². The molecule has 0 aliphatic rings. The van der Waals surface area contributed by atoms with Crippen molar-refractivity contribution in [3.63, 3.8) is 0 Å². The fraction of sp³-hybridized carbons (Fsp3) is 0.294. The number of thioether (sulfide) groups is 1. The Labute approximate surface area is 147 Å². The minimum absolute atomic E-state index is 0.160. The number of sulfonamides is 1. The van der Waals surface area contributed by atoms with Crippen molar-refractivity contribution >= 4 is 21.8 Å². The summed E-state index contributed by atoms with van der Waals surface area (Å²) in [5, 5.41) is 0. The second kappa shape index (κ2) is 8.96. The smallest absolute Gasteiger partial charge is 0.240 e. The Balaban J connectivity index is 1.87. The van der Waals surface area contributed by atoms with Gasteiger partial charge in [-0.25, -0.2) is 13.1 Å². The quantitative estimate of drug-likeness (QED) is 0.691. The summed E-state index contributed by atoms with van der Waals surface area (Å²) in [5.41, 5.74) is 1.23. The second-order valence-corrected chi connectivity index (χ2v) is 7.82. The zero-order valence-electron chi connectivity index (χ0n) is 13.7. The summed E-state index contributed by atoms with van der Waals surface area (Å²) < 4.78 is 37.5. The number of nitrogens with one attached hydrogen (secondary N) is 1. The Bertz CT molecular complexity index is 748. The third-order valence-electron chi connectivity index (χ3n) is 3.32. The number of methoxy groups -OCH3 is 2. The van der Waals surface area contributed by atoms with Crippen molar-refractivity contribution in [1.82, 2.24) is 4.72 Å². The normalized spacial score (nSPS) is 11.2. The number of hydrogen-bond acceptors (Lipinski definition) is 5. The highest BCUT2D eigenvalue weighted by molar-refractivity contribution is 7.98. The standard InChI is InChI=1S/C17H21NO4S2/c1-21-16-9-8-15(12-17(16)22-2)24(19,20)18-10-11-23-13-14-6-4-3-5-7-14/h3-9,12,18H,10-11,13H2,1-2H3. The molecular formula is C17H21NO4S2. The summed E-state index contributed by atoms with van der Waals surface area (Å²) in [6, 6.07) is 14.6. The lowest BCUT2D eigenvalue weighted by Gasteiger charge is -2.11. The van der Waals surface area contributed by atoms with Crippen LogP contribution < -0.4 is 14.2 Å². The zero-order chi connectivity index (χ0) is 17.4. The van der Waals surface area contributed by atoms with Crippen LogP contribution >= 0.6 is 11.8 Å². The highest BCUT2D eigenvalue weighted by atomic mass is 32.2. The molecule has 0 amide bonds. The van der Waals surface area contributed by atoms with Crippen molar-refractivity contribution in [3.8, 4) is 11.5 Å². The Hall–Kier alpha value is -1.70. The molecule has 2 rings (SSSR count). The third kappa shape index (κ3) is 5.15. The van der Waals surface area contributed by atoms with E-state index in [1.807, 2.05) is 18.2 Å². The summed E-state index contributed by atoms with van der Waals surface area (Å²) in [6.07, 6.45) is 0. The SMILES string of the molecule is COc1ccc(S(=O)(=O)NCCSCc2ccccc2)cc1OC. The van der Waals surface area contributed by atoms with Gasteiger partial charge in [0.25, 0.3) is 0 Å². The largest absolute Gasteiger partial charge is 0.493 e. The number of benzene rings is 2. The van der Waals surface area contributed by atoms with Crippen LogP contribution in [0.3, 0.4) is 0 Å². The lowest BCUT2D eigenvalue weighted by Crippen LogP contribution is -2.26. The molecule has 0 bridgehead atoms. The summed E-state index contributed by atoms with van der Waals surface area (Å²) in [5.74, 6) is 2.44. The van der Waals surface area contributed by atoms with E-state index in [1.54, 1.807) is 17.8 Å². The van der Waals surface area contributed by atoms with Crippen molar-refractivity contribution in [2.75, 3.05) is 26.5 Å². The van der Waals surface area contributed by atoms with E-state index in [9.17, 15) is 8.42 Å². The van der Waals surface area contributed by atoms with Gasteiger partial charge < -0.3 is 9.47 Å². The summed E-state index contributed by atoms with van der Waals surface area (Å²) in [4.78, 5) is 0.160. The van der Waals surface area contributed by atoms with Gasteiger partial charge in [-0.3, -0.25) is 0 Å². The van der Waals surface area contributed by atoms with Crippen LogP contribution in [0, 0.1) is 0 Å². The first-order valence-corrected chi connectivity index (χ1v) is 10.0. The Kier molecular flexibility index (Phi) is 6.96. The highest BCUT2D eigenvalue weighted by Crippen LogP contribution is 2.29. The number of ether oxygens (including phenoxy) is 2. The van der Waals surface area contributed by atoms with Gasteiger partial charge >= 0.3 is 0 Å². The van der Waals surface area contributed by atoms with E-state index in [1.165, 1.54) is 31.9 Å². The fourth-order valence-electron chi connectivity index (χ4n) is 2.08. The molecule has 2 aromatic carbocycles. The first-order chi connectivity index (χ1) is 11.6. The van der Waals surface area contributed by atoms with Gasteiger partial charge in [0, 0.05) is 24.1 Å². The molecule has 0 heterocycles. The van der Waals surface area contributed by atoms with E-state index in [0.29, 0.717) is 23.8 Å². The second-order valence-electron chi connectivity index (χ2n) is 4.95. The molecule has 130 valence electrons. The average Bonchev–Trinajstić information content (AvgIpc) is 2.61. The van der Waals surface area contributed by atoms with Gasteiger partial charge in [0.1, 0.15) is 0 Å². The van der Waals surface area contributed by atoms with Crippen molar-refractivity contribution in [3.05, 3.63) is 54.1 Å². The molecule has 2 aromatic rings. The maximum absolute atomic E-state index is 12.3. The Morgan fingerprint density at radius 1 is 1.00 bits per heavy atom. The molecule has 0 spiro atoms. The van der Waals surface area contributed by atoms with Gasteiger partial charge in [0.15, 0.2) is 11.5 Å². The molecule has 7 heteroatoms. The molecule has 0 atom stereocenters. The van der Waals surface area contributed by atoms with Crippen LogP contribution in [0.2, 0.25) is 0 Å². The molecule has 24 heavy (non-hydrogen) atoms. The van der Waals surface area contributed by atoms with Crippen LogP contribution in [0.4, 0.5) is 0 Å². The Morgan fingerprint density at radius 2 is 1.71 bits per heavy atom. The highest BCUT2D eigenvalue weighted by Gasteiger charge is 2.16. The van der Waals surface area contributed by atoms with Gasteiger partial charge in [-0.1, -0.05) is 30.3 Å². The zero-order valence-corrected chi connectivity index (χ0v) is 15.3. The molecule has 0 radical (unpaired) electrons. The molecule has 0 saturated carbocycles. The van der Waals surface area contributed by atoms with E-state index >= 15 is 0 Å². The third-order valence-corrected chi connectivity index (χ3v) is 5.80. The van der Waals surface area contributed by atoms with E-state index in [-0.39, 0.29) is 4.90 Å². The molecule has 0 fully saturated rings. The monoisotopic (exact) mass is 367 g/mol. The molecule has 0 aliphatic heterocycles. The fourth-order valence-corrected chi connectivity index (χ4v) is 4.07. The van der Waals surface area contributed by atoms with E-state index < -0.39 is 10.0 Å². The van der Waals surface area contributed by atoms with Crippen LogP contribution in [0.25, 0.3) is 0 Å². The Morgan fingerprint density at radius 3 is 2.38 bits per heavy atom. The predicted octanol–water partition coefficient (Wildman–Crippen LogP) is 2.92. The van der Waals surface area contributed by atoms with E-state index in [0.717, 1.165) is 5.75 Å². The van der Waals surface area contributed by atoms with Crippen molar-refractivity contribution < 1.29 is 17.9 Å². The van der Waals surface area contributed by atoms with E-state index in [2.05, 4.69) is 16.9 Å². The van der Waals surface area contributed by atoms with Crippen molar-refractivity contribution in [2.24, 2.45) is 0 Å². The minimum atomic E-state index is -3.56. The minimum Gasteiger partial charge on any atom is -0.493 e. The molecular weight excluding hydrogens is 346 g/mol. The van der Waals surface area contributed by atoms with Gasteiger partial charge in [-0.2, -0.15) is 11.8 Å². The lowest BCUT2D eigenvalue weighted by molar-refractivity contribution is 0.354. The van der Waals surface area contributed by atoms with Crippen molar-refractivity contribution in [2.45, 2.75) is 10.6 Å². The van der Waals surface area contributed by atoms with Gasteiger partial charge in [0.2, 0.25) is 10.0 Å². The molecule has 0 aromatic heterocycles. The molecule has 0 unspecified atom stereocenters. The molecule has 0 aliphatic carbocycles. The van der Waals surface area contributed by atoms with Crippen molar-refractivity contribution in [1.29, 1.82) is 0 Å². The van der Waals surface area contributed by atoms with Crippen LogP contribution in [0.1, 0.15) is 5.56 Å². The predicted molar refractivity (Wildman–Crippen MR) is 97.3 cm³/mol. The molecule has 5 nitrogen and oxygen atoms in total.